The second kappa shape index (κ2) is 56.7. The SMILES string of the molecule is CCCCCCC/C=C\C/C=C\C/C=C\CCCCCCCCCCCCCCC(=O)OC(COC(=O)CCCCCCCCCCCCCCCCCCCCCCCC)COC(OCC[N+](C)(C)C)C(=O)O. The van der Waals surface area contributed by atoms with Crippen LogP contribution >= 0.6 is 0 Å². The summed E-state index contributed by atoms with van der Waals surface area (Å²) in [7, 11) is 5.98. The summed E-state index contributed by atoms with van der Waals surface area (Å²) in [5, 5.41) is 9.72. The fourth-order valence-corrected chi connectivity index (χ4v) is 9.26. The Morgan fingerprint density at radius 3 is 1.08 bits per heavy atom. The van der Waals surface area contributed by atoms with Crippen molar-refractivity contribution in [2.75, 3.05) is 47.5 Å². The van der Waals surface area contributed by atoms with Crippen LogP contribution in [0.15, 0.2) is 36.5 Å². The van der Waals surface area contributed by atoms with E-state index in [1.165, 1.54) is 225 Å². The van der Waals surface area contributed by atoms with Gasteiger partial charge in [0.1, 0.15) is 13.2 Å². The van der Waals surface area contributed by atoms with Crippen molar-refractivity contribution in [2.24, 2.45) is 0 Å². The number of carbonyl (C=O) groups is 3. The molecule has 9 heteroatoms. The largest absolute Gasteiger partial charge is 0.477 e. The van der Waals surface area contributed by atoms with E-state index in [4.69, 9.17) is 18.9 Å². The normalized spacial score (nSPS) is 12.9. The molecule has 0 bridgehead atoms. The number of allylic oxidation sites excluding steroid dienone is 6. The van der Waals surface area contributed by atoms with E-state index in [2.05, 4.69) is 50.3 Å². The molecule has 0 aromatic rings. The molecule has 2 unspecified atom stereocenters. The molecule has 0 rings (SSSR count). The summed E-state index contributed by atoms with van der Waals surface area (Å²) in [6.45, 7) is 4.92. The molecule has 0 aliphatic carbocycles. The number of esters is 2. The first-order valence-electron chi connectivity index (χ1n) is 31.7. The molecule has 0 radical (unpaired) electrons. The molecule has 0 spiro atoms. The first-order valence-corrected chi connectivity index (χ1v) is 31.7. The van der Waals surface area contributed by atoms with Crippen molar-refractivity contribution in [3.8, 4) is 0 Å². The quantitative estimate of drug-likeness (QED) is 0.0211. The number of likely N-dealkylation sites (N-methyl/N-ethyl adjacent to an activating group) is 1. The number of hydrogen-bond donors (Lipinski definition) is 1. The van der Waals surface area contributed by atoms with E-state index in [-0.39, 0.29) is 32.2 Å². The van der Waals surface area contributed by atoms with Gasteiger partial charge in [-0.1, -0.05) is 275 Å². The lowest BCUT2D eigenvalue weighted by Gasteiger charge is -2.25. The first-order chi connectivity index (χ1) is 36.1. The van der Waals surface area contributed by atoms with Crippen molar-refractivity contribution in [1.82, 2.24) is 0 Å². The standard InChI is InChI=1S/C65H121NO8/c1-6-8-10-12-14-16-18-20-22-24-26-28-30-31-32-33-34-36-38-40-42-44-46-48-50-52-54-56-63(68)74-61(60-73-65(64(69)70)71-58-57-66(3,4)5)59-72-62(67)55-53-51-49-47-45-43-41-39-37-35-29-27-25-23-21-19-17-15-13-11-9-7-2/h18,20,24,26,30-31,61,65H,6-17,19,21-23,25,27-29,32-60H2,1-5H3/p+1/b20-18-,26-24-,31-30-. The van der Waals surface area contributed by atoms with Gasteiger partial charge in [0.2, 0.25) is 0 Å². The number of unbranched alkanes of at least 4 members (excludes halogenated alkanes) is 38. The van der Waals surface area contributed by atoms with Crippen molar-refractivity contribution in [3.05, 3.63) is 36.5 Å². The maximum Gasteiger partial charge on any atom is 0.361 e. The number of nitrogens with zero attached hydrogens (tertiary/aromatic N) is 1. The molecule has 9 nitrogen and oxygen atoms in total. The van der Waals surface area contributed by atoms with Crippen LogP contribution in [-0.4, -0.2) is 87.4 Å². The van der Waals surface area contributed by atoms with E-state index in [1.807, 2.05) is 21.1 Å². The first kappa shape index (κ1) is 71.5. The summed E-state index contributed by atoms with van der Waals surface area (Å²) in [5.41, 5.74) is 0. The Bertz CT molecular complexity index is 1310. The van der Waals surface area contributed by atoms with Gasteiger partial charge < -0.3 is 28.5 Å². The Morgan fingerprint density at radius 2 is 0.730 bits per heavy atom. The average molecular weight is 1050 g/mol. The van der Waals surface area contributed by atoms with Crippen molar-refractivity contribution >= 4 is 17.9 Å². The second-order valence-corrected chi connectivity index (χ2v) is 22.7. The Labute approximate surface area is 458 Å². The molecule has 0 saturated carbocycles. The summed E-state index contributed by atoms with van der Waals surface area (Å²) < 4.78 is 22.9. The number of carbonyl (C=O) groups excluding carboxylic acids is 2. The lowest BCUT2D eigenvalue weighted by molar-refractivity contribution is -0.870. The maximum absolute atomic E-state index is 12.9. The summed E-state index contributed by atoms with van der Waals surface area (Å²) in [5.74, 6) is -1.99. The predicted octanol–water partition coefficient (Wildman–Crippen LogP) is 18.9. The van der Waals surface area contributed by atoms with Crippen LogP contribution in [0.5, 0.6) is 0 Å². The van der Waals surface area contributed by atoms with Crippen LogP contribution < -0.4 is 0 Å². The zero-order valence-corrected chi connectivity index (χ0v) is 49.5. The fraction of sp³-hybridized carbons (Fsp3) is 0.862. The predicted molar refractivity (Wildman–Crippen MR) is 314 cm³/mol. The Balaban J connectivity index is 4.17. The van der Waals surface area contributed by atoms with Crippen LogP contribution in [0.3, 0.4) is 0 Å². The Hall–Kier alpha value is -2.49. The average Bonchev–Trinajstić information content (AvgIpc) is 3.37. The molecule has 0 fully saturated rings. The van der Waals surface area contributed by atoms with E-state index in [0.717, 1.165) is 51.4 Å². The van der Waals surface area contributed by atoms with Crippen LogP contribution in [0, 0.1) is 0 Å². The smallest absolute Gasteiger partial charge is 0.361 e. The van der Waals surface area contributed by atoms with Crippen molar-refractivity contribution in [2.45, 2.75) is 315 Å². The highest BCUT2D eigenvalue weighted by Gasteiger charge is 2.25. The van der Waals surface area contributed by atoms with Gasteiger partial charge in [0.05, 0.1) is 34.4 Å². The summed E-state index contributed by atoms with van der Waals surface area (Å²) in [4.78, 5) is 37.5. The van der Waals surface area contributed by atoms with Gasteiger partial charge in [-0.15, -0.1) is 0 Å². The molecular formula is C65H122NO8+. The highest BCUT2D eigenvalue weighted by molar-refractivity contribution is 5.71. The van der Waals surface area contributed by atoms with E-state index in [9.17, 15) is 19.5 Å². The lowest BCUT2D eigenvalue weighted by Crippen LogP contribution is -2.40. The van der Waals surface area contributed by atoms with Crippen LogP contribution in [0.1, 0.15) is 303 Å². The third-order valence-corrected chi connectivity index (χ3v) is 14.1. The molecule has 2 atom stereocenters. The molecular weight excluding hydrogens is 923 g/mol. The molecule has 434 valence electrons. The van der Waals surface area contributed by atoms with Crippen LogP contribution in [0.4, 0.5) is 0 Å². The number of quaternary nitrogens is 1. The minimum atomic E-state index is -1.51. The summed E-state index contributed by atoms with van der Waals surface area (Å²) in [6.07, 6.45) is 66.6. The number of carboxylic acid groups (broad SMARTS) is 1. The van der Waals surface area contributed by atoms with Crippen LogP contribution in [-0.2, 0) is 33.3 Å². The van der Waals surface area contributed by atoms with Gasteiger partial charge in [0.25, 0.3) is 6.29 Å². The maximum atomic E-state index is 12.9. The zero-order valence-electron chi connectivity index (χ0n) is 49.5. The van der Waals surface area contributed by atoms with Gasteiger partial charge in [-0.05, 0) is 51.4 Å². The minimum Gasteiger partial charge on any atom is -0.477 e. The number of hydrogen-bond acceptors (Lipinski definition) is 7. The lowest BCUT2D eigenvalue weighted by atomic mass is 10.0. The van der Waals surface area contributed by atoms with E-state index >= 15 is 0 Å². The van der Waals surface area contributed by atoms with E-state index in [1.54, 1.807) is 0 Å². The number of aliphatic carboxylic acids is 1. The van der Waals surface area contributed by atoms with Crippen LogP contribution in [0.2, 0.25) is 0 Å². The molecule has 74 heavy (non-hydrogen) atoms. The highest BCUT2D eigenvalue weighted by atomic mass is 16.7. The minimum absolute atomic E-state index is 0.178. The van der Waals surface area contributed by atoms with Gasteiger partial charge in [0, 0.05) is 12.8 Å². The molecule has 0 aliphatic rings. The van der Waals surface area contributed by atoms with Gasteiger partial charge >= 0.3 is 17.9 Å². The second-order valence-electron chi connectivity index (χ2n) is 22.7. The van der Waals surface area contributed by atoms with Crippen molar-refractivity contribution < 1.29 is 42.9 Å². The summed E-state index contributed by atoms with van der Waals surface area (Å²) >= 11 is 0. The summed E-state index contributed by atoms with van der Waals surface area (Å²) in [6, 6.07) is 0. The van der Waals surface area contributed by atoms with Crippen molar-refractivity contribution in [3.63, 3.8) is 0 Å². The monoisotopic (exact) mass is 1040 g/mol. The molecule has 1 N–H and O–H groups in total. The molecule has 0 aromatic carbocycles. The third kappa shape index (κ3) is 57.2. The number of carboxylic acids is 1. The van der Waals surface area contributed by atoms with Crippen LogP contribution in [0.25, 0.3) is 0 Å². The molecule has 0 heterocycles. The van der Waals surface area contributed by atoms with Gasteiger partial charge in [0.15, 0.2) is 6.10 Å². The van der Waals surface area contributed by atoms with Gasteiger partial charge in [-0.2, -0.15) is 0 Å². The molecule has 0 aromatic heterocycles. The Morgan fingerprint density at radius 1 is 0.405 bits per heavy atom. The third-order valence-electron chi connectivity index (χ3n) is 14.1. The Kier molecular flexibility index (Phi) is 54.8. The van der Waals surface area contributed by atoms with E-state index in [0.29, 0.717) is 17.4 Å². The molecule has 0 saturated heterocycles. The zero-order chi connectivity index (χ0) is 54.1. The van der Waals surface area contributed by atoms with Crippen molar-refractivity contribution in [1.29, 1.82) is 0 Å². The fourth-order valence-electron chi connectivity index (χ4n) is 9.26. The number of rotatable bonds is 59. The molecule has 0 aliphatic heterocycles. The molecule has 0 amide bonds. The number of ether oxygens (including phenoxy) is 4. The highest BCUT2D eigenvalue weighted by Crippen LogP contribution is 2.18. The van der Waals surface area contributed by atoms with E-state index < -0.39 is 24.3 Å². The van der Waals surface area contributed by atoms with Gasteiger partial charge in [-0.3, -0.25) is 9.59 Å². The van der Waals surface area contributed by atoms with Gasteiger partial charge in [-0.25, -0.2) is 4.79 Å². The topological polar surface area (TPSA) is 108 Å².